The summed E-state index contributed by atoms with van der Waals surface area (Å²) >= 11 is 5.89. The zero-order chi connectivity index (χ0) is 16.7. The lowest BCUT2D eigenvalue weighted by atomic mass is 10.2. The summed E-state index contributed by atoms with van der Waals surface area (Å²) < 4.78 is 5.80. The van der Waals surface area contributed by atoms with E-state index in [1.807, 2.05) is 48.5 Å². The molecule has 0 spiro atoms. The summed E-state index contributed by atoms with van der Waals surface area (Å²) in [5, 5.41) is 7.55. The van der Waals surface area contributed by atoms with Gasteiger partial charge in [0.05, 0.1) is 6.61 Å². The highest BCUT2D eigenvalue weighted by Crippen LogP contribution is 2.18. The molecule has 1 atom stereocenters. The summed E-state index contributed by atoms with van der Waals surface area (Å²) in [6.07, 6.45) is 0.925. The molecular formula is C19H25ClN2O. The quantitative estimate of drug-likeness (QED) is 0.676. The van der Waals surface area contributed by atoms with Crippen LogP contribution in [0.25, 0.3) is 0 Å². The lowest BCUT2D eigenvalue weighted by molar-refractivity contribution is 0.304. The van der Waals surface area contributed by atoms with Gasteiger partial charge in [-0.25, -0.2) is 0 Å². The third-order valence-electron chi connectivity index (χ3n) is 3.39. The van der Waals surface area contributed by atoms with Crippen molar-refractivity contribution in [3.8, 4) is 5.75 Å². The van der Waals surface area contributed by atoms with Crippen LogP contribution in [-0.2, 0) is 0 Å². The van der Waals surface area contributed by atoms with Crippen molar-refractivity contribution in [2.75, 3.05) is 17.2 Å². The van der Waals surface area contributed by atoms with Crippen LogP contribution in [-0.4, -0.2) is 18.7 Å². The SMILES string of the molecule is CC(C)Nc1ccc(OCCC(C)Nc2ccc(Cl)cc2)cc1. The molecular weight excluding hydrogens is 308 g/mol. The Kier molecular flexibility index (Phi) is 6.60. The predicted molar refractivity (Wildman–Crippen MR) is 99.8 cm³/mol. The number of rotatable bonds is 8. The van der Waals surface area contributed by atoms with Crippen LogP contribution in [0.4, 0.5) is 11.4 Å². The van der Waals surface area contributed by atoms with Gasteiger partial charge in [0, 0.05) is 34.9 Å². The van der Waals surface area contributed by atoms with Gasteiger partial charge in [-0.2, -0.15) is 0 Å². The molecule has 0 bridgehead atoms. The monoisotopic (exact) mass is 332 g/mol. The Balaban J connectivity index is 1.72. The van der Waals surface area contributed by atoms with Gasteiger partial charge in [0.25, 0.3) is 0 Å². The molecule has 0 heterocycles. The molecule has 2 rings (SSSR count). The molecule has 0 saturated heterocycles. The van der Waals surface area contributed by atoms with Crippen LogP contribution in [0.2, 0.25) is 5.02 Å². The highest BCUT2D eigenvalue weighted by atomic mass is 35.5. The van der Waals surface area contributed by atoms with Gasteiger partial charge in [0.15, 0.2) is 0 Å². The number of nitrogens with one attached hydrogen (secondary N) is 2. The molecule has 23 heavy (non-hydrogen) atoms. The first-order valence-electron chi connectivity index (χ1n) is 8.04. The summed E-state index contributed by atoms with van der Waals surface area (Å²) in [6.45, 7) is 7.07. The van der Waals surface area contributed by atoms with Gasteiger partial charge in [0.2, 0.25) is 0 Å². The third-order valence-corrected chi connectivity index (χ3v) is 3.64. The van der Waals surface area contributed by atoms with Crippen molar-refractivity contribution in [2.45, 2.75) is 39.3 Å². The van der Waals surface area contributed by atoms with Crippen LogP contribution < -0.4 is 15.4 Å². The van der Waals surface area contributed by atoms with E-state index in [4.69, 9.17) is 16.3 Å². The van der Waals surface area contributed by atoms with Crippen LogP contribution >= 0.6 is 11.6 Å². The number of anilines is 2. The van der Waals surface area contributed by atoms with Crippen molar-refractivity contribution in [2.24, 2.45) is 0 Å². The van der Waals surface area contributed by atoms with Gasteiger partial charge in [-0.1, -0.05) is 11.6 Å². The molecule has 4 heteroatoms. The molecule has 0 aliphatic heterocycles. The number of benzene rings is 2. The van der Waals surface area contributed by atoms with E-state index < -0.39 is 0 Å². The fraction of sp³-hybridized carbons (Fsp3) is 0.368. The van der Waals surface area contributed by atoms with E-state index in [9.17, 15) is 0 Å². The Morgan fingerprint density at radius 3 is 2.04 bits per heavy atom. The van der Waals surface area contributed by atoms with Gasteiger partial charge in [-0.3, -0.25) is 0 Å². The van der Waals surface area contributed by atoms with E-state index in [2.05, 4.69) is 31.4 Å². The second kappa shape index (κ2) is 8.68. The first kappa shape index (κ1) is 17.5. The van der Waals surface area contributed by atoms with Crippen molar-refractivity contribution in [1.29, 1.82) is 0 Å². The predicted octanol–water partition coefficient (Wildman–Crippen LogP) is 5.43. The average Bonchev–Trinajstić information content (AvgIpc) is 2.51. The zero-order valence-corrected chi connectivity index (χ0v) is 14.7. The van der Waals surface area contributed by atoms with Crippen LogP contribution in [0.1, 0.15) is 27.2 Å². The van der Waals surface area contributed by atoms with Crippen molar-refractivity contribution in [1.82, 2.24) is 0 Å². The summed E-state index contributed by atoms with van der Waals surface area (Å²) in [5.41, 5.74) is 2.19. The normalized spacial score (nSPS) is 12.0. The minimum atomic E-state index is 0.332. The topological polar surface area (TPSA) is 33.3 Å². The van der Waals surface area contributed by atoms with Crippen molar-refractivity contribution in [3.63, 3.8) is 0 Å². The summed E-state index contributed by atoms with van der Waals surface area (Å²) in [5.74, 6) is 0.901. The van der Waals surface area contributed by atoms with Crippen LogP contribution in [0.5, 0.6) is 5.75 Å². The molecule has 0 aliphatic rings. The minimum Gasteiger partial charge on any atom is -0.494 e. The Morgan fingerprint density at radius 2 is 1.43 bits per heavy atom. The molecule has 0 fully saturated rings. The van der Waals surface area contributed by atoms with E-state index >= 15 is 0 Å². The molecule has 2 aromatic carbocycles. The summed E-state index contributed by atoms with van der Waals surface area (Å²) in [7, 11) is 0. The summed E-state index contributed by atoms with van der Waals surface area (Å²) in [4.78, 5) is 0. The molecule has 2 aromatic rings. The Bertz CT molecular complexity index is 581. The zero-order valence-electron chi connectivity index (χ0n) is 14.0. The number of halogens is 1. The number of hydrogen-bond acceptors (Lipinski definition) is 3. The van der Waals surface area contributed by atoms with E-state index in [0.29, 0.717) is 18.7 Å². The van der Waals surface area contributed by atoms with E-state index in [1.165, 1.54) is 0 Å². The van der Waals surface area contributed by atoms with Crippen molar-refractivity contribution < 1.29 is 4.74 Å². The first-order chi connectivity index (χ1) is 11.0. The smallest absolute Gasteiger partial charge is 0.119 e. The second-order valence-electron chi connectivity index (χ2n) is 6.01. The second-order valence-corrected chi connectivity index (χ2v) is 6.45. The van der Waals surface area contributed by atoms with Crippen LogP contribution in [0.15, 0.2) is 48.5 Å². The maximum Gasteiger partial charge on any atom is 0.119 e. The van der Waals surface area contributed by atoms with E-state index in [-0.39, 0.29) is 0 Å². The van der Waals surface area contributed by atoms with Gasteiger partial charge in [-0.05, 0) is 69.3 Å². The average molecular weight is 333 g/mol. The molecule has 2 N–H and O–H groups in total. The Hall–Kier alpha value is -1.87. The van der Waals surface area contributed by atoms with E-state index in [0.717, 1.165) is 28.6 Å². The van der Waals surface area contributed by atoms with Gasteiger partial charge in [0.1, 0.15) is 5.75 Å². The Labute approximate surface area is 144 Å². The van der Waals surface area contributed by atoms with Crippen LogP contribution in [0, 0.1) is 0 Å². The Morgan fingerprint density at radius 1 is 0.870 bits per heavy atom. The standard InChI is InChI=1S/C19H25ClN2O/c1-14(2)21-17-8-10-19(11-9-17)23-13-12-15(3)22-18-6-4-16(20)5-7-18/h4-11,14-15,21-22H,12-13H2,1-3H3. The maximum atomic E-state index is 5.89. The fourth-order valence-corrected chi connectivity index (χ4v) is 2.36. The van der Waals surface area contributed by atoms with Crippen molar-refractivity contribution in [3.05, 3.63) is 53.6 Å². The van der Waals surface area contributed by atoms with Gasteiger partial charge < -0.3 is 15.4 Å². The van der Waals surface area contributed by atoms with Gasteiger partial charge >= 0.3 is 0 Å². The van der Waals surface area contributed by atoms with Crippen LogP contribution in [0.3, 0.4) is 0 Å². The summed E-state index contributed by atoms with van der Waals surface area (Å²) in [6, 6.07) is 16.6. The molecule has 0 aromatic heterocycles. The molecule has 1 unspecified atom stereocenters. The minimum absolute atomic E-state index is 0.332. The molecule has 0 amide bonds. The molecule has 0 aliphatic carbocycles. The maximum absolute atomic E-state index is 5.89. The number of hydrogen-bond donors (Lipinski definition) is 2. The fourth-order valence-electron chi connectivity index (χ4n) is 2.24. The van der Waals surface area contributed by atoms with E-state index in [1.54, 1.807) is 0 Å². The molecule has 0 saturated carbocycles. The lowest BCUT2D eigenvalue weighted by Gasteiger charge is -2.16. The lowest BCUT2D eigenvalue weighted by Crippen LogP contribution is -2.18. The highest BCUT2D eigenvalue weighted by molar-refractivity contribution is 6.30. The van der Waals surface area contributed by atoms with Gasteiger partial charge in [-0.15, -0.1) is 0 Å². The molecule has 3 nitrogen and oxygen atoms in total. The largest absolute Gasteiger partial charge is 0.494 e. The highest BCUT2D eigenvalue weighted by Gasteiger charge is 2.03. The molecule has 0 radical (unpaired) electrons. The molecule has 124 valence electrons. The number of ether oxygens (including phenoxy) is 1. The first-order valence-corrected chi connectivity index (χ1v) is 8.42. The van der Waals surface area contributed by atoms with Crippen molar-refractivity contribution >= 4 is 23.0 Å². The third kappa shape index (κ3) is 6.41.